The quantitative estimate of drug-likeness (QED) is 0.826. The Labute approximate surface area is 119 Å². The molecular weight excluding hydrogens is 256 g/mol. The van der Waals surface area contributed by atoms with Crippen molar-refractivity contribution in [3.63, 3.8) is 0 Å². The van der Waals surface area contributed by atoms with Crippen molar-refractivity contribution in [1.82, 2.24) is 10.3 Å². The zero-order valence-electron chi connectivity index (χ0n) is 11.4. The van der Waals surface area contributed by atoms with Crippen molar-refractivity contribution in [1.29, 1.82) is 0 Å². The van der Waals surface area contributed by atoms with Gasteiger partial charge >= 0.3 is 0 Å². The van der Waals surface area contributed by atoms with Crippen LogP contribution in [0.5, 0.6) is 0 Å². The van der Waals surface area contributed by atoms with Crippen LogP contribution < -0.4 is 5.32 Å². The molecule has 0 aliphatic rings. The number of hydrogen-bond donors (Lipinski definition) is 1. The van der Waals surface area contributed by atoms with Crippen LogP contribution >= 0.6 is 11.6 Å². The molecule has 0 bridgehead atoms. The highest BCUT2D eigenvalue weighted by molar-refractivity contribution is 6.30. The zero-order chi connectivity index (χ0) is 13.7. The first kappa shape index (κ1) is 14.0. The van der Waals surface area contributed by atoms with Crippen LogP contribution in [0.1, 0.15) is 24.5 Å². The Balaban J connectivity index is 2.36. The van der Waals surface area contributed by atoms with E-state index < -0.39 is 0 Å². The second kappa shape index (κ2) is 6.69. The Morgan fingerprint density at radius 2 is 2.05 bits per heavy atom. The summed E-state index contributed by atoms with van der Waals surface area (Å²) in [6, 6.07) is 8.08. The SMILES string of the molecule is CCCNCc1cc(Cl)ccc1-c1cnccc1C. The molecule has 0 fully saturated rings. The van der Waals surface area contributed by atoms with Gasteiger partial charge in [0.1, 0.15) is 0 Å². The van der Waals surface area contributed by atoms with E-state index in [4.69, 9.17) is 11.6 Å². The van der Waals surface area contributed by atoms with Crippen molar-refractivity contribution in [2.75, 3.05) is 6.54 Å². The molecule has 100 valence electrons. The summed E-state index contributed by atoms with van der Waals surface area (Å²) < 4.78 is 0. The maximum Gasteiger partial charge on any atom is 0.0409 e. The molecule has 1 N–H and O–H groups in total. The molecule has 0 saturated heterocycles. The fourth-order valence-corrected chi connectivity index (χ4v) is 2.31. The molecule has 2 nitrogen and oxygen atoms in total. The topological polar surface area (TPSA) is 24.9 Å². The van der Waals surface area contributed by atoms with Crippen LogP contribution in [0.3, 0.4) is 0 Å². The summed E-state index contributed by atoms with van der Waals surface area (Å²) in [7, 11) is 0. The van der Waals surface area contributed by atoms with Crippen molar-refractivity contribution in [2.24, 2.45) is 0 Å². The van der Waals surface area contributed by atoms with Crippen LogP contribution in [-0.4, -0.2) is 11.5 Å². The number of hydrogen-bond acceptors (Lipinski definition) is 2. The number of rotatable bonds is 5. The smallest absolute Gasteiger partial charge is 0.0409 e. The number of halogens is 1. The Morgan fingerprint density at radius 1 is 1.21 bits per heavy atom. The molecule has 1 aromatic heterocycles. The Hall–Kier alpha value is -1.38. The summed E-state index contributed by atoms with van der Waals surface area (Å²) in [5, 5.41) is 4.21. The lowest BCUT2D eigenvalue weighted by atomic mass is 9.98. The molecule has 0 saturated carbocycles. The first-order chi connectivity index (χ1) is 9.22. The van der Waals surface area contributed by atoms with Crippen molar-refractivity contribution in [3.05, 3.63) is 52.8 Å². The minimum Gasteiger partial charge on any atom is -0.313 e. The summed E-state index contributed by atoms with van der Waals surface area (Å²) in [4.78, 5) is 4.23. The van der Waals surface area contributed by atoms with E-state index in [1.807, 2.05) is 30.6 Å². The van der Waals surface area contributed by atoms with Gasteiger partial charge in [-0.25, -0.2) is 0 Å². The Kier molecular flexibility index (Phi) is 4.94. The molecule has 19 heavy (non-hydrogen) atoms. The van der Waals surface area contributed by atoms with Crippen LogP contribution in [0.2, 0.25) is 5.02 Å². The lowest BCUT2D eigenvalue weighted by molar-refractivity contribution is 0.676. The molecule has 2 rings (SSSR count). The summed E-state index contributed by atoms with van der Waals surface area (Å²) >= 11 is 6.11. The van der Waals surface area contributed by atoms with E-state index in [9.17, 15) is 0 Å². The molecule has 0 radical (unpaired) electrons. The average Bonchev–Trinajstić information content (AvgIpc) is 2.40. The fourth-order valence-electron chi connectivity index (χ4n) is 2.12. The fraction of sp³-hybridized carbons (Fsp3) is 0.312. The van der Waals surface area contributed by atoms with E-state index in [1.54, 1.807) is 0 Å². The second-order valence-corrected chi connectivity index (χ2v) is 5.11. The van der Waals surface area contributed by atoms with E-state index in [0.717, 1.165) is 24.5 Å². The van der Waals surface area contributed by atoms with E-state index in [2.05, 4.69) is 30.2 Å². The van der Waals surface area contributed by atoms with Gasteiger partial charge in [-0.15, -0.1) is 0 Å². The molecule has 0 unspecified atom stereocenters. The molecule has 0 aliphatic heterocycles. The highest BCUT2D eigenvalue weighted by Crippen LogP contribution is 2.28. The third-order valence-electron chi connectivity index (χ3n) is 3.14. The molecule has 0 aliphatic carbocycles. The van der Waals surface area contributed by atoms with Crippen LogP contribution in [0.4, 0.5) is 0 Å². The van der Waals surface area contributed by atoms with Gasteiger partial charge in [0.15, 0.2) is 0 Å². The molecule has 3 heteroatoms. The average molecular weight is 275 g/mol. The van der Waals surface area contributed by atoms with Gasteiger partial charge in [0.2, 0.25) is 0 Å². The number of nitrogens with zero attached hydrogens (tertiary/aromatic N) is 1. The number of nitrogens with one attached hydrogen (secondary N) is 1. The van der Waals surface area contributed by atoms with Crippen molar-refractivity contribution < 1.29 is 0 Å². The molecule has 0 atom stereocenters. The summed E-state index contributed by atoms with van der Waals surface area (Å²) in [5.41, 5.74) is 4.83. The molecule has 1 aromatic carbocycles. The summed E-state index contributed by atoms with van der Waals surface area (Å²) in [6.45, 7) is 6.11. The van der Waals surface area contributed by atoms with E-state index >= 15 is 0 Å². The first-order valence-corrected chi connectivity index (χ1v) is 7.00. The van der Waals surface area contributed by atoms with E-state index in [0.29, 0.717) is 0 Å². The van der Waals surface area contributed by atoms with Gasteiger partial charge in [-0.2, -0.15) is 0 Å². The highest BCUT2D eigenvalue weighted by atomic mass is 35.5. The number of benzene rings is 1. The Morgan fingerprint density at radius 3 is 2.79 bits per heavy atom. The lowest BCUT2D eigenvalue weighted by Gasteiger charge is -2.13. The predicted molar refractivity (Wildman–Crippen MR) is 81.4 cm³/mol. The largest absolute Gasteiger partial charge is 0.313 e. The molecule has 0 spiro atoms. The van der Waals surface area contributed by atoms with Crippen molar-refractivity contribution in [3.8, 4) is 11.1 Å². The minimum atomic E-state index is 0.776. The third-order valence-corrected chi connectivity index (χ3v) is 3.37. The summed E-state index contributed by atoms with van der Waals surface area (Å²) in [5.74, 6) is 0. The molecular formula is C16H19ClN2. The molecule has 0 amide bonds. The van der Waals surface area contributed by atoms with Crippen LogP contribution in [0, 0.1) is 6.92 Å². The summed E-state index contributed by atoms with van der Waals surface area (Å²) in [6.07, 6.45) is 4.87. The van der Waals surface area contributed by atoms with E-state index in [-0.39, 0.29) is 0 Å². The lowest BCUT2D eigenvalue weighted by Crippen LogP contribution is -2.14. The highest BCUT2D eigenvalue weighted by Gasteiger charge is 2.08. The molecule has 2 aromatic rings. The minimum absolute atomic E-state index is 0.776. The standard InChI is InChI=1S/C16H19ClN2/c1-3-7-18-10-13-9-14(17)4-5-15(13)16-11-19-8-6-12(16)2/h4-6,8-9,11,18H,3,7,10H2,1-2H3. The van der Waals surface area contributed by atoms with Crippen molar-refractivity contribution >= 4 is 11.6 Å². The molecule has 1 heterocycles. The second-order valence-electron chi connectivity index (χ2n) is 4.67. The number of aryl methyl sites for hydroxylation is 1. The zero-order valence-corrected chi connectivity index (χ0v) is 12.2. The van der Waals surface area contributed by atoms with Gasteiger partial charge in [0.25, 0.3) is 0 Å². The van der Waals surface area contributed by atoms with Crippen molar-refractivity contribution in [2.45, 2.75) is 26.8 Å². The van der Waals surface area contributed by atoms with Gasteiger partial charge in [0, 0.05) is 29.5 Å². The van der Waals surface area contributed by atoms with Gasteiger partial charge in [0.05, 0.1) is 0 Å². The van der Waals surface area contributed by atoms with Crippen LogP contribution in [0.25, 0.3) is 11.1 Å². The monoisotopic (exact) mass is 274 g/mol. The van der Waals surface area contributed by atoms with Crippen LogP contribution in [-0.2, 0) is 6.54 Å². The number of pyridine rings is 1. The van der Waals surface area contributed by atoms with E-state index in [1.165, 1.54) is 22.3 Å². The normalized spacial score (nSPS) is 10.7. The van der Waals surface area contributed by atoms with Crippen LogP contribution in [0.15, 0.2) is 36.7 Å². The van der Waals surface area contributed by atoms with Gasteiger partial charge in [-0.3, -0.25) is 4.98 Å². The third kappa shape index (κ3) is 3.55. The predicted octanol–water partition coefficient (Wildman–Crippen LogP) is 4.21. The Bertz CT molecular complexity index is 552. The van der Waals surface area contributed by atoms with Gasteiger partial charge in [-0.1, -0.05) is 24.6 Å². The number of aromatic nitrogens is 1. The maximum atomic E-state index is 6.11. The van der Waals surface area contributed by atoms with Gasteiger partial charge in [-0.05, 0) is 54.8 Å². The maximum absolute atomic E-state index is 6.11. The first-order valence-electron chi connectivity index (χ1n) is 6.62. The van der Waals surface area contributed by atoms with Gasteiger partial charge < -0.3 is 5.32 Å².